The molecule has 1 saturated heterocycles. The maximum absolute atomic E-state index is 13.2. The highest BCUT2D eigenvalue weighted by atomic mass is 19.2. The van der Waals surface area contributed by atoms with Crippen LogP contribution in [0, 0.1) is 11.6 Å². The lowest BCUT2D eigenvalue weighted by Crippen LogP contribution is -2.40. The number of rotatable bonds is 0. The van der Waals surface area contributed by atoms with Gasteiger partial charge in [0.05, 0.1) is 6.04 Å². The van der Waals surface area contributed by atoms with Gasteiger partial charge in [0, 0.05) is 12.5 Å². The Morgan fingerprint density at radius 3 is 2.76 bits per heavy atom. The zero-order chi connectivity index (χ0) is 12.2. The molecule has 2 nitrogen and oxygen atoms in total. The topological polar surface area (TPSA) is 20.3 Å². The van der Waals surface area contributed by atoms with E-state index in [0.29, 0.717) is 12.8 Å². The summed E-state index contributed by atoms with van der Waals surface area (Å²) in [6.45, 7) is 1.88. The van der Waals surface area contributed by atoms with Crippen LogP contribution in [0.2, 0.25) is 0 Å². The maximum atomic E-state index is 13.2. The van der Waals surface area contributed by atoms with Crippen molar-refractivity contribution in [2.75, 3.05) is 0 Å². The molecule has 2 aliphatic heterocycles. The second-order valence-corrected chi connectivity index (χ2v) is 4.84. The summed E-state index contributed by atoms with van der Waals surface area (Å²) in [6.07, 6.45) is 2.01. The molecule has 0 saturated carbocycles. The fourth-order valence-corrected chi connectivity index (χ4v) is 3.07. The van der Waals surface area contributed by atoms with Crippen LogP contribution in [0.25, 0.3) is 0 Å². The quantitative estimate of drug-likeness (QED) is 0.679. The Balaban J connectivity index is 2.09. The van der Waals surface area contributed by atoms with Gasteiger partial charge in [0.25, 0.3) is 0 Å². The van der Waals surface area contributed by atoms with Gasteiger partial charge in [-0.2, -0.15) is 0 Å². The minimum absolute atomic E-state index is 0.123. The summed E-state index contributed by atoms with van der Waals surface area (Å²) in [5.74, 6) is -1.51. The van der Waals surface area contributed by atoms with Crippen molar-refractivity contribution in [2.24, 2.45) is 0 Å². The number of nitrogens with zero attached hydrogens (tertiary/aromatic N) is 1. The molecule has 2 aliphatic rings. The summed E-state index contributed by atoms with van der Waals surface area (Å²) in [5.41, 5.74) is 1.59. The first-order chi connectivity index (χ1) is 8.08. The van der Waals surface area contributed by atoms with E-state index in [1.165, 1.54) is 12.1 Å². The maximum Gasteiger partial charge on any atom is 0.223 e. The molecule has 0 radical (unpaired) electrons. The molecular formula is C13H13F2NO. The molecule has 2 atom stereocenters. The van der Waals surface area contributed by atoms with Crippen molar-refractivity contribution < 1.29 is 13.6 Å². The van der Waals surface area contributed by atoms with Crippen LogP contribution >= 0.6 is 0 Å². The average Bonchev–Trinajstić information content (AvgIpc) is 2.64. The van der Waals surface area contributed by atoms with Gasteiger partial charge in [0.15, 0.2) is 11.6 Å². The fourth-order valence-electron chi connectivity index (χ4n) is 3.07. The Labute approximate surface area is 98.2 Å². The molecule has 2 unspecified atom stereocenters. The highest BCUT2D eigenvalue weighted by molar-refractivity contribution is 5.79. The number of fused-ring (bicyclic) bond motifs is 2. The van der Waals surface area contributed by atoms with Crippen LogP contribution in [0.3, 0.4) is 0 Å². The van der Waals surface area contributed by atoms with Gasteiger partial charge in [-0.05, 0) is 43.0 Å². The van der Waals surface area contributed by atoms with E-state index in [0.717, 1.165) is 17.5 Å². The highest BCUT2D eigenvalue weighted by Crippen LogP contribution is 2.39. The van der Waals surface area contributed by atoms with Crippen molar-refractivity contribution in [1.82, 2.24) is 4.90 Å². The van der Waals surface area contributed by atoms with Crippen LogP contribution in [-0.4, -0.2) is 16.8 Å². The molecule has 2 heterocycles. The molecule has 90 valence electrons. The molecule has 4 heteroatoms. The smallest absolute Gasteiger partial charge is 0.223 e. The summed E-state index contributed by atoms with van der Waals surface area (Å²) in [4.78, 5) is 13.6. The summed E-state index contributed by atoms with van der Waals surface area (Å²) in [6, 6.07) is 2.53. The molecular weight excluding hydrogens is 224 g/mol. The van der Waals surface area contributed by atoms with E-state index in [1.54, 1.807) is 0 Å². The van der Waals surface area contributed by atoms with Gasteiger partial charge < -0.3 is 4.90 Å². The Hall–Kier alpha value is -1.45. The first kappa shape index (κ1) is 10.7. The molecule has 3 rings (SSSR count). The average molecular weight is 237 g/mol. The second kappa shape index (κ2) is 3.52. The lowest BCUT2D eigenvalue weighted by molar-refractivity contribution is -0.131. The molecule has 0 aromatic heterocycles. The van der Waals surface area contributed by atoms with Gasteiger partial charge in [-0.1, -0.05) is 0 Å². The monoisotopic (exact) mass is 237 g/mol. The summed E-state index contributed by atoms with van der Waals surface area (Å²) < 4.78 is 26.4. The van der Waals surface area contributed by atoms with Crippen molar-refractivity contribution in [3.63, 3.8) is 0 Å². The normalized spacial score (nSPS) is 27.0. The van der Waals surface area contributed by atoms with Gasteiger partial charge in [-0.3, -0.25) is 4.79 Å². The predicted molar refractivity (Wildman–Crippen MR) is 58.3 cm³/mol. The number of benzene rings is 1. The van der Waals surface area contributed by atoms with E-state index in [-0.39, 0.29) is 18.0 Å². The first-order valence-electron chi connectivity index (χ1n) is 5.87. The highest BCUT2D eigenvalue weighted by Gasteiger charge is 2.39. The molecule has 17 heavy (non-hydrogen) atoms. The molecule has 0 spiro atoms. The SMILES string of the molecule is CC1c2cc(F)c(F)cc2CC2CCC(=O)N21. The third-order valence-corrected chi connectivity index (χ3v) is 3.88. The number of hydrogen-bond acceptors (Lipinski definition) is 1. The summed E-state index contributed by atoms with van der Waals surface area (Å²) >= 11 is 0. The number of halogens is 2. The minimum Gasteiger partial charge on any atom is -0.333 e. The van der Waals surface area contributed by atoms with Crippen molar-refractivity contribution >= 4 is 5.91 Å². The van der Waals surface area contributed by atoms with Gasteiger partial charge in [0.2, 0.25) is 5.91 Å². The van der Waals surface area contributed by atoms with Crippen LogP contribution in [-0.2, 0) is 11.2 Å². The number of amides is 1. The largest absolute Gasteiger partial charge is 0.333 e. The molecule has 1 aromatic rings. The van der Waals surface area contributed by atoms with E-state index in [2.05, 4.69) is 0 Å². The number of hydrogen-bond donors (Lipinski definition) is 0. The minimum atomic E-state index is -0.833. The molecule has 0 bridgehead atoms. The second-order valence-electron chi connectivity index (χ2n) is 4.84. The fraction of sp³-hybridized carbons (Fsp3) is 0.462. The van der Waals surface area contributed by atoms with Crippen molar-refractivity contribution in [3.8, 4) is 0 Å². The summed E-state index contributed by atoms with van der Waals surface area (Å²) in [5, 5.41) is 0. The molecule has 1 fully saturated rings. The molecule has 1 aromatic carbocycles. The third-order valence-electron chi connectivity index (χ3n) is 3.88. The van der Waals surface area contributed by atoms with E-state index < -0.39 is 11.6 Å². The Morgan fingerprint density at radius 1 is 1.29 bits per heavy atom. The van der Waals surface area contributed by atoms with Crippen molar-refractivity contribution in [3.05, 3.63) is 34.9 Å². The van der Waals surface area contributed by atoms with Crippen molar-refractivity contribution in [2.45, 2.75) is 38.3 Å². The number of carbonyl (C=O) groups excluding carboxylic acids is 1. The van der Waals surface area contributed by atoms with E-state index >= 15 is 0 Å². The van der Waals surface area contributed by atoms with Crippen molar-refractivity contribution in [1.29, 1.82) is 0 Å². The lowest BCUT2D eigenvalue weighted by atomic mass is 9.89. The van der Waals surface area contributed by atoms with Gasteiger partial charge >= 0.3 is 0 Å². The van der Waals surface area contributed by atoms with E-state index in [9.17, 15) is 13.6 Å². The standard InChI is InChI=1S/C13H13F2NO/c1-7-10-6-12(15)11(14)5-8(10)4-9-2-3-13(17)16(7)9/h5-7,9H,2-4H2,1H3. The van der Waals surface area contributed by atoms with E-state index in [4.69, 9.17) is 0 Å². The van der Waals surface area contributed by atoms with Crippen LogP contribution in [0.15, 0.2) is 12.1 Å². The van der Waals surface area contributed by atoms with E-state index in [1.807, 2.05) is 11.8 Å². The third kappa shape index (κ3) is 1.47. The predicted octanol–water partition coefficient (Wildman–Crippen LogP) is 2.57. The summed E-state index contributed by atoms with van der Waals surface area (Å²) in [7, 11) is 0. The van der Waals surface area contributed by atoms with Gasteiger partial charge in [0.1, 0.15) is 0 Å². The first-order valence-corrected chi connectivity index (χ1v) is 5.87. The molecule has 0 aliphatic carbocycles. The zero-order valence-electron chi connectivity index (χ0n) is 9.54. The van der Waals surface area contributed by atoms with Gasteiger partial charge in [-0.15, -0.1) is 0 Å². The number of carbonyl (C=O) groups is 1. The lowest BCUT2D eigenvalue weighted by Gasteiger charge is -2.37. The van der Waals surface area contributed by atoms with Crippen LogP contribution in [0.4, 0.5) is 8.78 Å². The van der Waals surface area contributed by atoms with Crippen LogP contribution in [0.5, 0.6) is 0 Å². The molecule has 0 N–H and O–H groups in total. The van der Waals surface area contributed by atoms with Crippen LogP contribution in [0.1, 0.15) is 36.9 Å². The Bertz CT molecular complexity index is 500. The zero-order valence-corrected chi connectivity index (χ0v) is 9.54. The Morgan fingerprint density at radius 2 is 2.00 bits per heavy atom. The molecule has 1 amide bonds. The van der Waals surface area contributed by atoms with Gasteiger partial charge in [-0.25, -0.2) is 8.78 Å². The van der Waals surface area contributed by atoms with Crippen LogP contribution < -0.4 is 0 Å². The Kier molecular flexibility index (Phi) is 2.21.